The van der Waals surface area contributed by atoms with Crippen molar-refractivity contribution in [3.63, 3.8) is 0 Å². The summed E-state index contributed by atoms with van der Waals surface area (Å²) in [4.78, 5) is 0. The molecule has 80 valence electrons. The van der Waals surface area contributed by atoms with Gasteiger partial charge in [0.2, 0.25) is 0 Å². The second-order valence-electron chi connectivity index (χ2n) is 6.33. The third-order valence-electron chi connectivity index (χ3n) is 1.58. The average Bonchev–Trinajstić information content (AvgIpc) is 1.43. The van der Waals surface area contributed by atoms with Crippen molar-refractivity contribution in [1.29, 1.82) is 0 Å². The first-order chi connectivity index (χ1) is 5.41. The molecule has 0 bridgehead atoms. The van der Waals surface area contributed by atoms with Gasteiger partial charge in [-0.05, 0) is 0 Å². The van der Waals surface area contributed by atoms with Gasteiger partial charge >= 0.3 is 97.5 Å². The van der Waals surface area contributed by atoms with Crippen LogP contribution in [0.25, 0.3) is 0 Å². The molecule has 0 aromatic carbocycles. The first kappa shape index (κ1) is 14.8. The summed E-state index contributed by atoms with van der Waals surface area (Å²) in [5.41, 5.74) is 0. The van der Waals surface area contributed by atoms with Gasteiger partial charge in [0.1, 0.15) is 0 Å². The van der Waals surface area contributed by atoms with Crippen LogP contribution in [0.2, 0.25) is 47.4 Å². The zero-order valence-electron chi connectivity index (χ0n) is 9.67. The molecular formula is C8H22Cl2Si2Sn. The molecule has 0 saturated heterocycles. The van der Waals surface area contributed by atoms with Crippen molar-refractivity contribution in [2.24, 2.45) is 0 Å². The average molecular weight is 364 g/mol. The Kier molecular flexibility index (Phi) is 5.43. The molecular weight excluding hydrogens is 342 g/mol. The summed E-state index contributed by atoms with van der Waals surface area (Å²) in [7, 11) is 11.0. The maximum absolute atomic E-state index is 6.55. The van der Waals surface area contributed by atoms with Crippen molar-refractivity contribution in [2.45, 2.75) is 47.4 Å². The topological polar surface area (TPSA) is 0 Å². The predicted molar refractivity (Wildman–Crippen MR) is 73.8 cm³/mol. The van der Waals surface area contributed by atoms with E-state index in [-0.39, 0.29) is 0 Å². The number of hydrogen-bond acceptors (Lipinski definition) is 0. The Labute approximate surface area is 96.7 Å². The summed E-state index contributed by atoms with van der Waals surface area (Å²) in [6, 6.07) is 0. The van der Waals surface area contributed by atoms with Crippen LogP contribution in [0.4, 0.5) is 0 Å². The van der Waals surface area contributed by atoms with Crippen LogP contribution in [0.5, 0.6) is 0 Å². The van der Waals surface area contributed by atoms with E-state index < -0.39 is 32.3 Å². The minimum absolute atomic E-state index is 1.04. The fraction of sp³-hybridized carbons (Fsp3) is 1.00. The molecule has 5 heteroatoms. The Bertz CT molecular complexity index is 152. The Hall–Kier alpha value is 1.81. The summed E-state index contributed by atoms with van der Waals surface area (Å²) in [5.74, 6) is 0. The van der Waals surface area contributed by atoms with Crippen molar-refractivity contribution in [3.8, 4) is 0 Å². The normalized spacial score (nSPS) is 14.8. The van der Waals surface area contributed by atoms with Gasteiger partial charge in [0.15, 0.2) is 0 Å². The number of rotatable bonds is 4. The van der Waals surface area contributed by atoms with Gasteiger partial charge in [-0.2, -0.15) is 0 Å². The second-order valence-corrected chi connectivity index (χ2v) is 39.2. The molecule has 0 N–H and O–H groups in total. The van der Waals surface area contributed by atoms with Gasteiger partial charge in [-0.15, -0.1) is 0 Å². The van der Waals surface area contributed by atoms with Crippen LogP contribution in [-0.4, -0.2) is 32.3 Å². The second kappa shape index (κ2) is 4.77. The molecule has 0 aliphatic carbocycles. The van der Waals surface area contributed by atoms with Gasteiger partial charge in [0.05, 0.1) is 0 Å². The standard InChI is InChI=1S/2C4H11Si.2ClH.Sn/c2*1-5(2,3)4;;;/h2*1H2,2-4H3;2*1H;/q;;;;+2/p-2. The fourth-order valence-corrected chi connectivity index (χ4v) is 67.3. The summed E-state index contributed by atoms with van der Waals surface area (Å²) in [6.45, 7) is 14.2. The van der Waals surface area contributed by atoms with Crippen molar-refractivity contribution >= 4 is 50.1 Å². The molecule has 0 rings (SSSR count). The van der Waals surface area contributed by atoms with Crippen molar-refractivity contribution in [1.82, 2.24) is 0 Å². The van der Waals surface area contributed by atoms with Crippen molar-refractivity contribution < 1.29 is 0 Å². The minimum atomic E-state index is -2.65. The van der Waals surface area contributed by atoms with Gasteiger partial charge in [-0.25, -0.2) is 0 Å². The van der Waals surface area contributed by atoms with E-state index in [9.17, 15) is 0 Å². The van der Waals surface area contributed by atoms with E-state index in [0.29, 0.717) is 0 Å². The van der Waals surface area contributed by atoms with Crippen LogP contribution >= 0.6 is 17.8 Å². The molecule has 13 heavy (non-hydrogen) atoms. The van der Waals surface area contributed by atoms with Crippen LogP contribution in [0.1, 0.15) is 0 Å². The molecule has 0 heterocycles. The van der Waals surface area contributed by atoms with Gasteiger partial charge in [-0.3, -0.25) is 0 Å². The van der Waals surface area contributed by atoms with Gasteiger partial charge in [-0.1, -0.05) is 0 Å². The van der Waals surface area contributed by atoms with E-state index in [1.165, 1.54) is 8.12 Å². The Morgan fingerprint density at radius 1 is 0.769 bits per heavy atom. The van der Waals surface area contributed by atoms with Crippen molar-refractivity contribution in [2.75, 3.05) is 0 Å². The molecule has 0 atom stereocenters. The van der Waals surface area contributed by atoms with Crippen LogP contribution in [0.3, 0.4) is 0 Å². The quantitative estimate of drug-likeness (QED) is 0.637. The van der Waals surface area contributed by atoms with Gasteiger partial charge in [0, 0.05) is 0 Å². The first-order valence-corrected chi connectivity index (χ1v) is 23.5. The van der Waals surface area contributed by atoms with Crippen molar-refractivity contribution in [3.05, 3.63) is 0 Å². The van der Waals surface area contributed by atoms with Crippen LogP contribution in [0, 0.1) is 0 Å². The van der Waals surface area contributed by atoms with E-state index in [4.69, 9.17) is 17.8 Å². The molecule has 0 radical (unpaired) electrons. The maximum atomic E-state index is 6.55. The summed E-state index contributed by atoms with van der Waals surface area (Å²) in [5, 5.41) is 0. The summed E-state index contributed by atoms with van der Waals surface area (Å²) >= 11 is -2.65. The summed E-state index contributed by atoms with van der Waals surface area (Å²) in [6.07, 6.45) is 0. The number of hydrogen-bond donors (Lipinski definition) is 0. The predicted octanol–water partition coefficient (Wildman–Crippen LogP) is 4.66. The van der Waals surface area contributed by atoms with Gasteiger partial charge in [0.25, 0.3) is 0 Å². The molecule has 0 aliphatic rings. The molecule has 0 unspecified atom stereocenters. The Balaban J connectivity index is 4.25. The fourth-order valence-electron chi connectivity index (χ4n) is 1.61. The zero-order chi connectivity index (χ0) is 10.9. The Morgan fingerprint density at radius 2 is 1.00 bits per heavy atom. The molecule has 0 spiro atoms. The van der Waals surface area contributed by atoms with E-state index >= 15 is 0 Å². The molecule has 0 amide bonds. The molecule has 0 aliphatic heterocycles. The molecule has 0 fully saturated rings. The Morgan fingerprint density at radius 3 is 1.15 bits per heavy atom. The molecule has 0 aromatic heterocycles. The monoisotopic (exact) mass is 364 g/mol. The SMILES string of the molecule is C[Si](C)(C)[CH2][Sn]([Cl])([Cl])[CH2][Si](C)(C)C. The summed E-state index contributed by atoms with van der Waals surface area (Å²) < 4.78 is 2.43. The third-order valence-corrected chi connectivity index (χ3v) is 42.5. The van der Waals surface area contributed by atoms with E-state index in [1.54, 1.807) is 0 Å². The molecule has 0 aromatic rings. The van der Waals surface area contributed by atoms with E-state index in [2.05, 4.69) is 39.3 Å². The van der Waals surface area contributed by atoms with Crippen LogP contribution in [0.15, 0.2) is 0 Å². The van der Waals surface area contributed by atoms with Gasteiger partial charge < -0.3 is 0 Å². The van der Waals surface area contributed by atoms with Crippen LogP contribution in [-0.2, 0) is 0 Å². The van der Waals surface area contributed by atoms with Crippen LogP contribution < -0.4 is 0 Å². The molecule has 0 nitrogen and oxygen atoms in total. The number of halogens is 2. The zero-order valence-corrected chi connectivity index (χ0v) is 16.0. The van der Waals surface area contributed by atoms with E-state index in [0.717, 1.165) is 0 Å². The first-order valence-electron chi connectivity index (χ1n) is 4.79. The van der Waals surface area contributed by atoms with E-state index in [1.807, 2.05) is 0 Å². The molecule has 0 saturated carbocycles. The third kappa shape index (κ3) is 10.1.